The second-order valence-electron chi connectivity index (χ2n) is 5.15. The van der Waals surface area contributed by atoms with Crippen LogP contribution in [0.5, 0.6) is 0 Å². The smallest absolute Gasteiger partial charge is 0.191 e. The van der Waals surface area contributed by atoms with Gasteiger partial charge in [-0.05, 0) is 31.9 Å². The molecule has 8 heteroatoms. The Morgan fingerprint density at radius 2 is 2.12 bits per heavy atom. The topological polar surface area (TPSA) is 49.3 Å². The molecule has 2 N–H and O–H groups in total. The van der Waals surface area contributed by atoms with Gasteiger partial charge in [-0.15, -0.1) is 35.3 Å². The van der Waals surface area contributed by atoms with Gasteiger partial charge in [-0.1, -0.05) is 24.6 Å². The molecule has 0 aliphatic carbocycles. The van der Waals surface area contributed by atoms with Crippen LogP contribution in [-0.2, 0) is 19.4 Å². The summed E-state index contributed by atoms with van der Waals surface area (Å²) in [5, 5.41) is 7.82. The predicted molar refractivity (Wildman–Crippen MR) is 115 cm³/mol. The molecule has 4 nitrogen and oxygen atoms in total. The highest BCUT2D eigenvalue weighted by atomic mass is 127. The fraction of sp³-hybridized carbons (Fsp3) is 0.412. The number of rotatable bonds is 7. The van der Waals surface area contributed by atoms with Crippen molar-refractivity contribution < 1.29 is 4.39 Å². The first kappa shape index (κ1) is 22.1. The molecule has 1 aromatic heterocycles. The van der Waals surface area contributed by atoms with Crippen molar-refractivity contribution in [2.45, 2.75) is 33.2 Å². The zero-order valence-corrected chi connectivity index (χ0v) is 18.2. The minimum atomic E-state index is -0.277. The van der Waals surface area contributed by atoms with Crippen molar-refractivity contribution >= 4 is 52.9 Å². The molecule has 0 radical (unpaired) electrons. The van der Waals surface area contributed by atoms with Gasteiger partial charge in [-0.3, -0.25) is 0 Å². The number of guanidine groups is 1. The molecule has 1 aromatic carbocycles. The second kappa shape index (κ2) is 11.6. The standard InChI is InChI=1S/C17H22ClFN4S.HI/c1-3-12-10-22-16(24-12)11-23-17(20-4-2)21-9-8-13-14(18)6-5-7-15(13)19;/h5-7,10H,3-4,8-9,11H2,1-2H3,(H2,20,21,23);1H. The van der Waals surface area contributed by atoms with Gasteiger partial charge in [0.2, 0.25) is 0 Å². The highest BCUT2D eigenvalue weighted by Crippen LogP contribution is 2.19. The van der Waals surface area contributed by atoms with Gasteiger partial charge in [0.05, 0.1) is 6.54 Å². The lowest BCUT2D eigenvalue weighted by atomic mass is 10.1. The molecule has 1 heterocycles. The molecule has 2 rings (SSSR count). The summed E-state index contributed by atoms with van der Waals surface area (Å²) in [6.45, 7) is 5.94. The van der Waals surface area contributed by atoms with Gasteiger partial charge < -0.3 is 10.6 Å². The molecular weight excluding hydrogens is 474 g/mol. The summed E-state index contributed by atoms with van der Waals surface area (Å²) in [5.41, 5.74) is 0.523. The maximum atomic E-state index is 13.8. The monoisotopic (exact) mass is 496 g/mol. The van der Waals surface area contributed by atoms with Gasteiger partial charge in [-0.2, -0.15) is 0 Å². The summed E-state index contributed by atoms with van der Waals surface area (Å²) in [5.74, 6) is 0.416. The van der Waals surface area contributed by atoms with E-state index >= 15 is 0 Å². The van der Waals surface area contributed by atoms with Crippen molar-refractivity contribution in [1.29, 1.82) is 0 Å². The number of hydrogen-bond acceptors (Lipinski definition) is 3. The summed E-state index contributed by atoms with van der Waals surface area (Å²) in [6, 6.07) is 4.74. The van der Waals surface area contributed by atoms with E-state index in [1.807, 2.05) is 13.1 Å². The molecule has 0 saturated heterocycles. The number of halogens is 3. The second-order valence-corrected chi connectivity index (χ2v) is 6.75. The number of aromatic nitrogens is 1. The minimum absolute atomic E-state index is 0. The Bertz CT molecular complexity index is 673. The Kier molecular flexibility index (Phi) is 10.3. The van der Waals surface area contributed by atoms with E-state index in [1.165, 1.54) is 10.9 Å². The molecule has 0 unspecified atom stereocenters. The molecule has 0 fully saturated rings. The third-order valence-electron chi connectivity index (χ3n) is 3.40. The molecule has 25 heavy (non-hydrogen) atoms. The maximum absolute atomic E-state index is 13.8. The van der Waals surface area contributed by atoms with Crippen LogP contribution < -0.4 is 10.6 Å². The summed E-state index contributed by atoms with van der Waals surface area (Å²) in [6.07, 6.45) is 3.38. The van der Waals surface area contributed by atoms with Gasteiger partial charge in [0.1, 0.15) is 10.8 Å². The predicted octanol–water partition coefficient (Wildman–Crippen LogP) is 4.41. The van der Waals surface area contributed by atoms with E-state index in [-0.39, 0.29) is 29.8 Å². The van der Waals surface area contributed by atoms with Crippen molar-refractivity contribution in [2.24, 2.45) is 4.99 Å². The van der Waals surface area contributed by atoms with Crippen LogP contribution in [0.15, 0.2) is 29.4 Å². The first-order valence-corrected chi connectivity index (χ1v) is 9.22. The Hall–Kier alpha value is -0.930. The minimum Gasteiger partial charge on any atom is -0.357 e. The fourth-order valence-electron chi connectivity index (χ4n) is 2.15. The number of nitrogens with one attached hydrogen (secondary N) is 2. The van der Waals surface area contributed by atoms with Crippen LogP contribution in [0.3, 0.4) is 0 Å². The van der Waals surface area contributed by atoms with E-state index in [0.29, 0.717) is 36.1 Å². The van der Waals surface area contributed by atoms with E-state index in [4.69, 9.17) is 11.6 Å². The lowest BCUT2D eigenvalue weighted by molar-refractivity contribution is 0.607. The number of hydrogen-bond donors (Lipinski definition) is 2. The molecule has 138 valence electrons. The Morgan fingerprint density at radius 3 is 2.76 bits per heavy atom. The molecule has 0 bridgehead atoms. The van der Waals surface area contributed by atoms with Gasteiger partial charge in [-0.25, -0.2) is 14.4 Å². The highest BCUT2D eigenvalue weighted by Gasteiger charge is 2.07. The quantitative estimate of drug-likeness (QED) is 0.339. The summed E-state index contributed by atoms with van der Waals surface area (Å²) in [4.78, 5) is 10.1. The Morgan fingerprint density at radius 1 is 1.32 bits per heavy atom. The largest absolute Gasteiger partial charge is 0.357 e. The lowest BCUT2D eigenvalue weighted by Gasteiger charge is -2.12. The first-order valence-electron chi connectivity index (χ1n) is 8.02. The van der Waals surface area contributed by atoms with Crippen LogP contribution >= 0.6 is 46.9 Å². The van der Waals surface area contributed by atoms with Crippen LogP contribution in [-0.4, -0.2) is 24.0 Å². The van der Waals surface area contributed by atoms with Crippen molar-refractivity contribution in [1.82, 2.24) is 15.6 Å². The van der Waals surface area contributed by atoms with Crippen LogP contribution in [0.4, 0.5) is 4.39 Å². The third kappa shape index (κ3) is 7.07. The van der Waals surface area contributed by atoms with Gasteiger partial charge >= 0.3 is 0 Å². The van der Waals surface area contributed by atoms with Crippen molar-refractivity contribution in [3.8, 4) is 0 Å². The molecule has 0 atom stereocenters. The fourth-order valence-corrected chi connectivity index (χ4v) is 3.19. The van der Waals surface area contributed by atoms with Crippen LogP contribution in [0.25, 0.3) is 0 Å². The van der Waals surface area contributed by atoms with Crippen molar-refractivity contribution in [3.63, 3.8) is 0 Å². The summed E-state index contributed by atoms with van der Waals surface area (Å²) in [7, 11) is 0. The SMILES string of the molecule is CCNC(=NCc1ncc(CC)s1)NCCc1c(F)cccc1Cl.I. The molecule has 2 aromatic rings. The third-order valence-corrected chi connectivity index (χ3v) is 4.88. The first-order chi connectivity index (χ1) is 11.6. The molecule has 0 aliphatic rings. The summed E-state index contributed by atoms with van der Waals surface area (Å²) < 4.78 is 13.8. The van der Waals surface area contributed by atoms with E-state index in [1.54, 1.807) is 23.5 Å². The number of benzene rings is 1. The van der Waals surface area contributed by atoms with Gasteiger partial charge in [0.25, 0.3) is 0 Å². The molecule has 0 aliphatic heterocycles. The highest BCUT2D eigenvalue weighted by molar-refractivity contribution is 14.0. The van der Waals surface area contributed by atoms with Crippen LogP contribution in [0.1, 0.15) is 29.3 Å². The van der Waals surface area contributed by atoms with Crippen molar-refractivity contribution in [2.75, 3.05) is 13.1 Å². The average Bonchev–Trinajstić information content (AvgIpc) is 3.03. The van der Waals surface area contributed by atoms with E-state index < -0.39 is 0 Å². The van der Waals surface area contributed by atoms with E-state index in [2.05, 4.69) is 27.5 Å². The van der Waals surface area contributed by atoms with Crippen molar-refractivity contribution in [3.05, 3.63) is 50.7 Å². The van der Waals surface area contributed by atoms with E-state index in [0.717, 1.165) is 18.0 Å². The van der Waals surface area contributed by atoms with Crippen LogP contribution in [0.2, 0.25) is 5.02 Å². The van der Waals surface area contributed by atoms with Crippen LogP contribution in [0, 0.1) is 5.82 Å². The Balaban J connectivity index is 0.00000312. The zero-order valence-electron chi connectivity index (χ0n) is 14.3. The number of nitrogens with zero attached hydrogens (tertiary/aromatic N) is 2. The molecule has 0 amide bonds. The molecule has 0 saturated carbocycles. The number of aliphatic imine (C=N–C) groups is 1. The van der Waals surface area contributed by atoms with Gasteiger partial charge in [0.15, 0.2) is 5.96 Å². The number of thiazole rings is 1. The molecular formula is C17H23ClFIN4S. The average molecular weight is 497 g/mol. The summed E-state index contributed by atoms with van der Waals surface area (Å²) >= 11 is 7.72. The zero-order chi connectivity index (χ0) is 17.4. The van der Waals surface area contributed by atoms with E-state index in [9.17, 15) is 4.39 Å². The normalized spacial score (nSPS) is 11.1. The lowest BCUT2D eigenvalue weighted by Crippen LogP contribution is -2.38. The van der Waals surface area contributed by atoms with Gasteiger partial charge in [0, 0.05) is 34.7 Å². The maximum Gasteiger partial charge on any atom is 0.191 e. The Labute approximate surface area is 174 Å². The molecule has 0 spiro atoms. The number of aryl methyl sites for hydroxylation is 1.